The number of hydrogen-bond acceptors (Lipinski definition) is 3. The van der Waals surface area contributed by atoms with Gasteiger partial charge in [-0.25, -0.2) is 8.42 Å². The van der Waals surface area contributed by atoms with Crippen molar-refractivity contribution in [1.29, 1.82) is 0 Å². The molecule has 0 radical (unpaired) electrons. The molecule has 24 heavy (non-hydrogen) atoms. The van der Waals surface area contributed by atoms with E-state index < -0.39 is 10.0 Å². The number of nitrogens with one attached hydrogen (secondary N) is 1. The molecule has 3 aromatic carbocycles. The van der Waals surface area contributed by atoms with Gasteiger partial charge in [-0.3, -0.25) is 4.72 Å². The molecule has 0 fully saturated rings. The minimum absolute atomic E-state index is 0.128. The van der Waals surface area contributed by atoms with Gasteiger partial charge in [-0.05, 0) is 42.8 Å². The van der Waals surface area contributed by atoms with Gasteiger partial charge in [0.05, 0.1) is 10.6 Å². The number of aryl methyl sites for hydroxylation is 1. The summed E-state index contributed by atoms with van der Waals surface area (Å²) in [6, 6.07) is 20.5. The van der Waals surface area contributed by atoms with E-state index in [0.29, 0.717) is 11.3 Å². The minimum atomic E-state index is -3.68. The Bertz CT molecular complexity index is 964. The first kappa shape index (κ1) is 16.1. The molecule has 0 aliphatic carbocycles. The molecule has 0 atom stereocenters. The summed E-state index contributed by atoms with van der Waals surface area (Å²) in [5, 5.41) is 9.66. The fourth-order valence-electron chi connectivity index (χ4n) is 2.42. The number of aromatic hydroxyl groups is 1. The van der Waals surface area contributed by atoms with Crippen LogP contribution in [-0.4, -0.2) is 13.5 Å². The van der Waals surface area contributed by atoms with Gasteiger partial charge in [0.1, 0.15) is 5.75 Å². The Labute approximate surface area is 141 Å². The average Bonchev–Trinajstić information content (AvgIpc) is 2.55. The number of sulfonamides is 1. The largest absolute Gasteiger partial charge is 0.508 e. The lowest BCUT2D eigenvalue weighted by molar-refractivity contribution is 0.475. The van der Waals surface area contributed by atoms with Crippen LogP contribution in [0.15, 0.2) is 77.7 Å². The van der Waals surface area contributed by atoms with Gasteiger partial charge in [0.15, 0.2) is 0 Å². The molecule has 2 N–H and O–H groups in total. The molecule has 0 bridgehead atoms. The second-order valence-electron chi connectivity index (χ2n) is 5.51. The quantitative estimate of drug-likeness (QED) is 0.750. The first-order valence-electron chi connectivity index (χ1n) is 7.44. The molecular weight excluding hydrogens is 322 g/mol. The second-order valence-corrected chi connectivity index (χ2v) is 7.20. The maximum absolute atomic E-state index is 12.6. The van der Waals surface area contributed by atoms with Gasteiger partial charge < -0.3 is 5.11 Å². The first-order valence-corrected chi connectivity index (χ1v) is 8.92. The van der Waals surface area contributed by atoms with Gasteiger partial charge in [-0.1, -0.05) is 48.0 Å². The van der Waals surface area contributed by atoms with Crippen molar-refractivity contribution in [2.45, 2.75) is 11.8 Å². The third-order valence-electron chi connectivity index (χ3n) is 3.66. The van der Waals surface area contributed by atoms with Gasteiger partial charge in [0.25, 0.3) is 10.0 Å². The summed E-state index contributed by atoms with van der Waals surface area (Å²) >= 11 is 0. The third kappa shape index (κ3) is 3.41. The van der Waals surface area contributed by atoms with Gasteiger partial charge in [-0.15, -0.1) is 0 Å². The number of anilines is 1. The fourth-order valence-corrected chi connectivity index (χ4v) is 3.50. The molecule has 0 saturated heterocycles. The molecule has 0 saturated carbocycles. The lowest BCUT2D eigenvalue weighted by Crippen LogP contribution is -2.13. The van der Waals surface area contributed by atoms with Crippen molar-refractivity contribution in [3.63, 3.8) is 0 Å². The van der Waals surface area contributed by atoms with Crippen molar-refractivity contribution in [2.24, 2.45) is 0 Å². The number of benzene rings is 3. The van der Waals surface area contributed by atoms with E-state index in [1.807, 2.05) is 25.1 Å². The third-order valence-corrected chi connectivity index (χ3v) is 5.04. The van der Waals surface area contributed by atoms with E-state index in [4.69, 9.17) is 0 Å². The molecule has 0 aliphatic heterocycles. The first-order chi connectivity index (χ1) is 11.5. The summed E-state index contributed by atoms with van der Waals surface area (Å²) in [7, 11) is -3.68. The van der Waals surface area contributed by atoms with Crippen molar-refractivity contribution in [1.82, 2.24) is 0 Å². The SMILES string of the molecule is Cc1ccc(S(=O)(=O)Nc2ccccc2-c2cccc(O)c2)cc1. The van der Waals surface area contributed by atoms with Crippen LogP contribution in [0.3, 0.4) is 0 Å². The standard InChI is InChI=1S/C19H17NO3S/c1-14-9-11-17(12-10-14)24(22,23)20-19-8-3-2-7-18(19)15-5-4-6-16(21)13-15/h2-13,20-21H,1H3. The Morgan fingerprint density at radius 2 is 1.58 bits per heavy atom. The zero-order valence-corrected chi connectivity index (χ0v) is 13.9. The lowest BCUT2D eigenvalue weighted by Gasteiger charge is -2.13. The van der Waals surface area contributed by atoms with Gasteiger partial charge in [-0.2, -0.15) is 0 Å². The zero-order chi connectivity index (χ0) is 17.2. The average molecular weight is 339 g/mol. The number of phenols is 1. The highest BCUT2D eigenvalue weighted by molar-refractivity contribution is 7.92. The summed E-state index contributed by atoms with van der Waals surface area (Å²) in [6.45, 7) is 1.90. The summed E-state index contributed by atoms with van der Waals surface area (Å²) in [4.78, 5) is 0.207. The molecule has 5 heteroatoms. The molecule has 4 nitrogen and oxygen atoms in total. The Morgan fingerprint density at radius 3 is 2.29 bits per heavy atom. The molecule has 122 valence electrons. The van der Waals surface area contributed by atoms with Crippen molar-refractivity contribution < 1.29 is 13.5 Å². The predicted octanol–water partition coefficient (Wildman–Crippen LogP) is 4.17. The summed E-state index contributed by atoms with van der Waals surface area (Å²) in [5.74, 6) is 0.128. The molecule has 0 aliphatic rings. The fraction of sp³-hybridized carbons (Fsp3) is 0.0526. The highest BCUT2D eigenvalue weighted by atomic mass is 32.2. The van der Waals surface area contributed by atoms with Crippen molar-refractivity contribution in [2.75, 3.05) is 4.72 Å². The number of hydrogen-bond donors (Lipinski definition) is 2. The van der Waals surface area contributed by atoms with Crippen LogP contribution in [0.25, 0.3) is 11.1 Å². The molecule has 3 aromatic rings. The summed E-state index contributed by atoms with van der Waals surface area (Å²) in [5.41, 5.74) is 2.89. The van der Waals surface area contributed by atoms with Crippen LogP contribution in [0.1, 0.15) is 5.56 Å². The molecular formula is C19H17NO3S. The Morgan fingerprint density at radius 1 is 0.875 bits per heavy atom. The van der Waals surface area contributed by atoms with E-state index in [2.05, 4.69) is 4.72 Å². The van der Waals surface area contributed by atoms with Crippen LogP contribution >= 0.6 is 0 Å². The van der Waals surface area contributed by atoms with E-state index in [1.54, 1.807) is 54.6 Å². The maximum Gasteiger partial charge on any atom is 0.261 e. The van der Waals surface area contributed by atoms with E-state index in [1.165, 1.54) is 0 Å². The Hall–Kier alpha value is -2.79. The van der Waals surface area contributed by atoms with E-state index in [9.17, 15) is 13.5 Å². The molecule has 3 rings (SSSR count). The lowest BCUT2D eigenvalue weighted by atomic mass is 10.0. The summed E-state index contributed by atoms with van der Waals surface area (Å²) < 4.78 is 27.8. The minimum Gasteiger partial charge on any atom is -0.508 e. The van der Waals surface area contributed by atoms with Crippen molar-refractivity contribution in [3.8, 4) is 16.9 Å². The molecule has 0 aromatic heterocycles. The molecule has 0 heterocycles. The van der Waals surface area contributed by atoms with Crippen LogP contribution in [0, 0.1) is 6.92 Å². The number of phenolic OH excluding ortho intramolecular Hbond substituents is 1. The van der Waals surface area contributed by atoms with Gasteiger partial charge in [0.2, 0.25) is 0 Å². The van der Waals surface area contributed by atoms with Crippen molar-refractivity contribution >= 4 is 15.7 Å². The Kier molecular flexibility index (Phi) is 4.27. The molecule has 0 amide bonds. The van der Waals surface area contributed by atoms with Crippen LogP contribution in [-0.2, 0) is 10.0 Å². The van der Waals surface area contributed by atoms with Crippen molar-refractivity contribution in [3.05, 3.63) is 78.4 Å². The zero-order valence-electron chi connectivity index (χ0n) is 13.1. The summed E-state index contributed by atoms with van der Waals surface area (Å²) in [6.07, 6.45) is 0. The second kappa shape index (κ2) is 6.37. The van der Waals surface area contributed by atoms with E-state index in [-0.39, 0.29) is 10.6 Å². The monoisotopic (exact) mass is 339 g/mol. The van der Waals surface area contributed by atoms with Crippen LogP contribution in [0.4, 0.5) is 5.69 Å². The predicted molar refractivity (Wildman–Crippen MR) is 95.5 cm³/mol. The highest BCUT2D eigenvalue weighted by Gasteiger charge is 2.16. The van der Waals surface area contributed by atoms with Gasteiger partial charge in [0, 0.05) is 5.56 Å². The number of para-hydroxylation sites is 1. The Balaban J connectivity index is 2.00. The van der Waals surface area contributed by atoms with Crippen LogP contribution < -0.4 is 4.72 Å². The van der Waals surface area contributed by atoms with Crippen LogP contribution in [0.2, 0.25) is 0 Å². The molecule has 0 spiro atoms. The smallest absolute Gasteiger partial charge is 0.261 e. The maximum atomic E-state index is 12.6. The number of rotatable bonds is 4. The van der Waals surface area contributed by atoms with E-state index >= 15 is 0 Å². The van der Waals surface area contributed by atoms with Gasteiger partial charge >= 0.3 is 0 Å². The van der Waals surface area contributed by atoms with E-state index in [0.717, 1.165) is 11.1 Å². The normalized spacial score (nSPS) is 11.2. The van der Waals surface area contributed by atoms with Crippen LogP contribution in [0.5, 0.6) is 5.75 Å². The molecule has 0 unspecified atom stereocenters. The topological polar surface area (TPSA) is 66.4 Å². The highest BCUT2D eigenvalue weighted by Crippen LogP contribution is 2.31.